The summed E-state index contributed by atoms with van der Waals surface area (Å²) in [6.07, 6.45) is 1.03. The van der Waals surface area contributed by atoms with E-state index in [1.165, 1.54) is 0 Å². The molecule has 7 heteroatoms. The van der Waals surface area contributed by atoms with Crippen LogP contribution in [0.1, 0.15) is 25.8 Å². The molecule has 0 amide bonds. The monoisotopic (exact) mass is 322 g/mol. The van der Waals surface area contributed by atoms with Gasteiger partial charge < -0.3 is 19.8 Å². The second-order valence-corrected chi connectivity index (χ2v) is 4.48. The number of carbonyl (C=O) groups is 2. The van der Waals surface area contributed by atoms with Gasteiger partial charge in [-0.05, 0) is 43.8 Å². The quantitative estimate of drug-likeness (QED) is 0.582. The minimum atomic E-state index is -1.82. The number of carboxylic acids is 2. The van der Waals surface area contributed by atoms with Crippen molar-refractivity contribution in [2.75, 3.05) is 26.2 Å². The fourth-order valence-electron chi connectivity index (χ4n) is 1.64. The van der Waals surface area contributed by atoms with E-state index in [0.717, 1.165) is 38.4 Å². The van der Waals surface area contributed by atoms with E-state index in [4.69, 9.17) is 29.8 Å². The number of aliphatic carboxylic acids is 2. The highest BCUT2D eigenvalue weighted by Crippen LogP contribution is 2.11. The SMILES string of the molecule is CCN(CC)CCCOc1ccc(C#N)cc1.O=C(O)C(=O)O. The molecule has 0 atom stereocenters. The van der Waals surface area contributed by atoms with E-state index in [1.54, 1.807) is 12.1 Å². The number of rotatable bonds is 7. The van der Waals surface area contributed by atoms with Gasteiger partial charge in [0.05, 0.1) is 18.2 Å². The van der Waals surface area contributed by atoms with Crippen molar-refractivity contribution in [2.45, 2.75) is 20.3 Å². The Morgan fingerprint density at radius 2 is 1.65 bits per heavy atom. The summed E-state index contributed by atoms with van der Waals surface area (Å²) in [4.78, 5) is 20.6. The Kier molecular flexibility index (Phi) is 10.7. The van der Waals surface area contributed by atoms with Gasteiger partial charge in [-0.1, -0.05) is 13.8 Å². The normalized spacial score (nSPS) is 9.48. The van der Waals surface area contributed by atoms with Crippen LogP contribution in [0.15, 0.2) is 24.3 Å². The first-order chi connectivity index (χ1) is 10.9. The molecule has 0 bridgehead atoms. The van der Waals surface area contributed by atoms with Gasteiger partial charge in [0.25, 0.3) is 0 Å². The number of nitrogens with zero attached hydrogens (tertiary/aromatic N) is 2. The van der Waals surface area contributed by atoms with Gasteiger partial charge in [-0.15, -0.1) is 0 Å². The topological polar surface area (TPSA) is 111 Å². The molecule has 0 aliphatic carbocycles. The van der Waals surface area contributed by atoms with Crippen LogP contribution in [-0.2, 0) is 9.59 Å². The van der Waals surface area contributed by atoms with Crippen LogP contribution in [0, 0.1) is 11.3 Å². The minimum absolute atomic E-state index is 0.667. The lowest BCUT2D eigenvalue weighted by Gasteiger charge is -2.17. The lowest BCUT2D eigenvalue weighted by molar-refractivity contribution is -0.159. The average molecular weight is 322 g/mol. The smallest absolute Gasteiger partial charge is 0.414 e. The Bertz CT molecular complexity index is 506. The molecule has 0 radical (unpaired) electrons. The van der Waals surface area contributed by atoms with Crippen LogP contribution in [0.3, 0.4) is 0 Å². The van der Waals surface area contributed by atoms with Crippen LogP contribution in [0.4, 0.5) is 0 Å². The molecule has 2 N–H and O–H groups in total. The second kappa shape index (κ2) is 12.0. The maximum absolute atomic E-state index is 9.10. The zero-order valence-corrected chi connectivity index (χ0v) is 13.4. The Balaban J connectivity index is 0.000000688. The van der Waals surface area contributed by atoms with Crippen LogP contribution in [-0.4, -0.2) is 53.3 Å². The fourth-order valence-corrected chi connectivity index (χ4v) is 1.64. The zero-order valence-electron chi connectivity index (χ0n) is 13.4. The van der Waals surface area contributed by atoms with Crippen LogP contribution >= 0.6 is 0 Å². The predicted octanol–water partition coefficient (Wildman–Crippen LogP) is 1.82. The summed E-state index contributed by atoms with van der Waals surface area (Å²) in [7, 11) is 0. The van der Waals surface area contributed by atoms with Gasteiger partial charge in [0, 0.05) is 6.54 Å². The molecule has 0 aliphatic rings. The molecular formula is C16H22N2O5. The van der Waals surface area contributed by atoms with E-state index >= 15 is 0 Å². The summed E-state index contributed by atoms with van der Waals surface area (Å²) in [5.41, 5.74) is 0.667. The van der Waals surface area contributed by atoms with Gasteiger partial charge in [-0.3, -0.25) is 0 Å². The van der Waals surface area contributed by atoms with E-state index in [9.17, 15) is 0 Å². The van der Waals surface area contributed by atoms with Crippen LogP contribution < -0.4 is 4.74 Å². The standard InChI is InChI=1S/C14H20N2O.C2H2O4/c1-3-16(4-2)10-5-11-17-14-8-6-13(12-15)7-9-14;3-1(4)2(5)6/h6-9H,3-5,10-11H2,1-2H3;(H,3,4)(H,5,6). The fraction of sp³-hybridized carbons (Fsp3) is 0.438. The number of benzene rings is 1. The molecule has 0 unspecified atom stereocenters. The zero-order chi connectivity index (χ0) is 17.7. The molecule has 0 aromatic heterocycles. The summed E-state index contributed by atoms with van der Waals surface area (Å²) < 4.78 is 5.61. The molecule has 0 aliphatic heterocycles. The highest BCUT2D eigenvalue weighted by Gasteiger charge is 2.04. The van der Waals surface area contributed by atoms with E-state index in [2.05, 4.69) is 24.8 Å². The Morgan fingerprint density at radius 1 is 1.13 bits per heavy atom. The molecular weight excluding hydrogens is 300 g/mol. The van der Waals surface area contributed by atoms with Gasteiger partial charge in [-0.25, -0.2) is 9.59 Å². The highest BCUT2D eigenvalue weighted by molar-refractivity contribution is 6.27. The van der Waals surface area contributed by atoms with E-state index in [-0.39, 0.29) is 0 Å². The lowest BCUT2D eigenvalue weighted by atomic mass is 10.2. The van der Waals surface area contributed by atoms with Crippen molar-refractivity contribution >= 4 is 11.9 Å². The van der Waals surface area contributed by atoms with Crippen molar-refractivity contribution in [1.82, 2.24) is 4.90 Å². The molecule has 126 valence electrons. The highest BCUT2D eigenvalue weighted by atomic mass is 16.5. The van der Waals surface area contributed by atoms with Gasteiger partial charge in [0.15, 0.2) is 0 Å². The van der Waals surface area contributed by atoms with Crippen molar-refractivity contribution in [3.8, 4) is 11.8 Å². The molecule has 1 aromatic carbocycles. The van der Waals surface area contributed by atoms with Gasteiger partial charge in [0.1, 0.15) is 5.75 Å². The van der Waals surface area contributed by atoms with E-state index in [1.807, 2.05) is 12.1 Å². The first-order valence-electron chi connectivity index (χ1n) is 7.26. The number of hydrogen-bond donors (Lipinski definition) is 2. The summed E-state index contributed by atoms with van der Waals surface area (Å²) >= 11 is 0. The Labute approximate surface area is 135 Å². The minimum Gasteiger partial charge on any atom is -0.494 e. The Hall–Kier alpha value is -2.59. The molecule has 0 spiro atoms. The van der Waals surface area contributed by atoms with Gasteiger partial charge in [-0.2, -0.15) is 5.26 Å². The molecule has 1 aromatic rings. The molecule has 23 heavy (non-hydrogen) atoms. The molecule has 0 saturated heterocycles. The number of ether oxygens (including phenoxy) is 1. The van der Waals surface area contributed by atoms with Gasteiger partial charge in [0.2, 0.25) is 0 Å². The third-order valence-electron chi connectivity index (χ3n) is 2.95. The first-order valence-corrected chi connectivity index (χ1v) is 7.26. The van der Waals surface area contributed by atoms with Crippen molar-refractivity contribution in [1.29, 1.82) is 5.26 Å². The summed E-state index contributed by atoms with van der Waals surface area (Å²) in [6.45, 7) is 8.32. The number of hydrogen-bond acceptors (Lipinski definition) is 5. The Morgan fingerprint density at radius 3 is 2.04 bits per heavy atom. The van der Waals surface area contributed by atoms with Crippen molar-refractivity contribution in [3.05, 3.63) is 29.8 Å². The van der Waals surface area contributed by atoms with E-state index in [0.29, 0.717) is 5.56 Å². The maximum atomic E-state index is 9.10. The lowest BCUT2D eigenvalue weighted by Crippen LogP contribution is -2.25. The molecule has 0 heterocycles. The van der Waals surface area contributed by atoms with Gasteiger partial charge >= 0.3 is 11.9 Å². The summed E-state index contributed by atoms with van der Waals surface area (Å²) in [6, 6.07) is 9.33. The number of carboxylic acid groups (broad SMARTS) is 2. The third-order valence-corrected chi connectivity index (χ3v) is 2.95. The molecule has 0 saturated carbocycles. The maximum Gasteiger partial charge on any atom is 0.414 e. The summed E-state index contributed by atoms with van der Waals surface area (Å²) in [5, 5.41) is 23.4. The average Bonchev–Trinajstić information content (AvgIpc) is 2.56. The van der Waals surface area contributed by atoms with Crippen molar-refractivity contribution < 1.29 is 24.5 Å². The van der Waals surface area contributed by atoms with Crippen LogP contribution in [0.25, 0.3) is 0 Å². The molecule has 0 fully saturated rings. The van der Waals surface area contributed by atoms with Crippen molar-refractivity contribution in [2.24, 2.45) is 0 Å². The largest absolute Gasteiger partial charge is 0.494 e. The van der Waals surface area contributed by atoms with E-state index < -0.39 is 11.9 Å². The van der Waals surface area contributed by atoms with Crippen molar-refractivity contribution in [3.63, 3.8) is 0 Å². The second-order valence-electron chi connectivity index (χ2n) is 4.48. The number of nitriles is 1. The molecule has 7 nitrogen and oxygen atoms in total. The molecule has 1 rings (SSSR count). The predicted molar refractivity (Wildman–Crippen MR) is 84.3 cm³/mol. The third kappa shape index (κ3) is 9.87. The van der Waals surface area contributed by atoms with Crippen LogP contribution in [0.5, 0.6) is 5.75 Å². The summed E-state index contributed by atoms with van der Waals surface area (Å²) in [5.74, 6) is -2.81. The first kappa shape index (κ1) is 20.4. The van der Waals surface area contributed by atoms with Crippen LogP contribution in [0.2, 0.25) is 0 Å².